The van der Waals surface area contributed by atoms with Crippen LogP contribution in [0.15, 0.2) is 18.3 Å². The zero-order chi connectivity index (χ0) is 12.3. The van der Waals surface area contributed by atoms with E-state index in [9.17, 15) is 0 Å². The van der Waals surface area contributed by atoms with E-state index in [-0.39, 0.29) is 0 Å². The van der Waals surface area contributed by atoms with E-state index in [1.165, 1.54) is 0 Å². The van der Waals surface area contributed by atoms with Crippen LogP contribution in [0.25, 0.3) is 11.0 Å². The van der Waals surface area contributed by atoms with Crippen molar-refractivity contribution in [2.45, 2.75) is 27.2 Å². The number of nitrogens with zero attached hydrogens (tertiary/aromatic N) is 3. The Morgan fingerprint density at radius 2 is 2.12 bits per heavy atom. The van der Waals surface area contributed by atoms with Gasteiger partial charge < -0.3 is 5.32 Å². The summed E-state index contributed by atoms with van der Waals surface area (Å²) < 4.78 is 0. The van der Waals surface area contributed by atoms with Crippen LogP contribution >= 0.6 is 0 Å². The Morgan fingerprint density at radius 3 is 2.88 bits per heavy atom. The van der Waals surface area contributed by atoms with E-state index in [0.717, 1.165) is 35.6 Å². The Morgan fingerprint density at radius 1 is 1.29 bits per heavy atom. The number of pyridine rings is 1. The number of rotatable bonds is 4. The van der Waals surface area contributed by atoms with Crippen LogP contribution in [0.1, 0.15) is 26.1 Å². The van der Waals surface area contributed by atoms with Crippen molar-refractivity contribution in [3.05, 3.63) is 24.2 Å². The maximum Gasteiger partial charge on any atom is 0.164 e. The molecule has 0 atom stereocenters. The van der Waals surface area contributed by atoms with Crippen LogP contribution in [0.5, 0.6) is 0 Å². The summed E-state index contributed by atoms with van der Waals surface area (Å²) in [5.41, 5.74) is 0.757. The predicted octanol–water partition coefficient (Wildman–Crippen LogP) is 2.79. The lowest BCUT2D eigenvalue weighted by Crippen LogP contribution is -2.08. The number of hydrogen-bond acceptors (Lipinski definition) is 4. The van der Waals surface area contributed by atoms with Crippen molar-refractivity contribution >= 4 is 16.9 Å². The van der Waals surface area contributed by atoms with Crippen molar-refractivity contribution in [3.8, 4) is 0 Å². The minimum Gasteiger partial charge on any atom is -0.369 e. The summed E-state index contributed by atoms with van der Waals surface area (Å²) >= 11 is 0. The van der Waals surface area contributed by atoms with Gasteiger partial charge in [-0.05, 0) is 31.4 Å². The normalized spacial score (nSPS) is 11.1. The van der Waals surface area contributed by atoms with E-state index in [0.29, 0.717) is 5.92 Å². The van der Waals surface area contributed by atoms with Crippen LogP contribution in [-0.2, 0) is 0 Å². The molecule has 0 bridgehead atoms. The number of aryl methyl sites for hydroxylation is 1. The summed E-state index contributed by atoms with van der Waals surface area (Å²) in [7, 11) is 0. The maximum absolute atomic E-state index is 4.44. The third-order valence-corrected chi connectivity index (χ3v) is 2.60. The molecule has 0 aliphatic carbocycles. The molecule has 0 aromatic carbocycles. The predicted molar refractivity (Wildman–Crippen MR) is 70.0 cm³/mol. The minimum atomic E-state index is 0.690. The first-order valence-electron chi connectivity index (χ1n) is 6.00. The van der Waals surface area contributed by atoms with Crippen molar-refractivity contribution in [1.29, 1.82) is 0 Å². The van der Waals surface area contributed by atoms with Crippen LogP contribution in [0.4, 0.5) is 5.82 Å². The molecular weight excluding hydrogens is 212 g/mol. The summed E-state index contributed by atoms with van der Waals surface area (Å²) in [6.45, 7) is 7.25. The summed E-state index contributed by atoms with van der Waals surface area (Å²) in [6, 6.07) is 3.91. The van der Waals surface area contributed by atoms with Gasteiger partial charge in [-0.15, -0.1) is 0 Å². The second-order valence-electron chi connectivity index (χ2n) is 4.60. The molecule has 0 aliphatic rings. The van der Waals surface area contributed by atoms with Gasteiger partial charge in [0, 0.05) is 12.7 Å². The van der Waals surface area contributed by atoms with Crippen LogP contribution in [-0.4, -0.2) is 21.5 Å². The molecule has 0 spiro atoms. The molecule has 0 saturated heterocycles. The molecular formula is C13H18N4. The second kappa shape index (κ2) is 5.08. The molecule has 0 amide bonds. The largest absolute Gasteiger partial charge is 0.369 e. The van der Waals surface area contributed by atoms with Gasteiger partial charge in [-0.2, -0.15) is 0 Å². The van der Waals surface area contributed by atoms with Crippen molar-refractivity contribution in [2.24, 2.45) is 5.92 Å². The molecule has 0 radical (unpaired) electrons. The first-order chi connectivity index (χ1) is 8.16. The van der Waals surface area contributed by atoms with Gasteiger partial charge in [0.15, 0.2) is 5.65 Å². The molecule has 0 unspecified atom stereocenters. The monoisotopic (exact) mass is 230 g/mol. The molecule has 0 aliphatic heterocycles. The Balaban J connectivity index is 2.26. The van der Waals surface area contributed by atoms with Gasteiger partial charge in [0.2, 0.25) is 0 Å². The molecule has 90 valence electrons. The average Bonchev–Trinajstić information content (AvgIpc) is 2.28. The van der Waals surface area contributed by atoms with Gasteiger partial charge in [0.25, 0.3) is 0 Å². The van der Waals surface area contributed by atoms with Crippen molar-refractivity contribution in [2.75, 3.05) is 11.9 Å². The molecule has 1 N–H and O–H groups in total. The average molecular weight is 230 g/mol. The maximum atomic E-state index is 4.44. The lowest BCUT2D eigenvalue weighted by Gasteiger charge is -2.10. The molecule has 0 saturated carbocycles. The van der Waals surface area contributed by atoms with Crippen LogP contribution in [0.2, 0.25) is 0 Å². The molecule has 4 heteroatoms. The zero-order valence-corrected chi connectivity index (χ0v) is 10.6. The Bertz CT molecular complexity index is 508. The molecule has 4 nitrogen and oxygen atoms in total. The van der Waals surface area contributed by atoms with E-state index in [2.05, 4.69) is 34.1 Å². The fourth-order valence-corrected chi connectivity index (χ4v) is 1.69. The second-order valence-corrected chi connectivity index (χ2v) is 4.60. The molecule has 0 fully saturated rings. The third-order valence-electron chi connectivity index (χ3n) is 2.60. The fourth-order valence-electron chi connectivity index (χ4n) is 1.69. The standard InChI is InChI=1S/C13H18N4/c1-9(2)6-8-15-13-11-5-4-7-14-12(11)16-10(3)17-13/h4-5,7,9H,6,8H2,1-3H3,(H,14,15,16,17). The van der Waals surface area contributed by atoms with Gasteiger partial charge >= 0.3 is 0 Å². The number of fused-ring (bicyclic) bond motifs is 1. The Labute approximate surface area is 102 Å². The molecule has 17 heavy (non-hydrogen) atoms. The number of hydrogen-bond donors (Lipinski definition) is 1. The smallest absolute Gasteiger partial charge is 0.164 e. The Hall–Kier alpha value is -1.71. The summed E-state index contributed by atoms with van der Waals surface area (Å²) in [5, 5.41) is 4.36. The molecule has 2 heterocycles. The van der Waals surface area contributed by atoms with Crippen molar-refractivity contribution in [1.82, 2.24) is 15.0 Å². The van der Waals surface area contributed by atoms with E-state index >= 15 is 0 Å². The summed E-state index contributed by atoms with van der Waals surface area (Å²) in [4.78, 5) is 13.0. The van der Waals surface area contributed by atoms with E-state index in [4.69, 9.17) is 0 Å². The lowest BCUT2D eigenvalue weighted by atomic mass is 10.1. The van der Waals surface area contributed by atoms with Crippen LogP contribution < -0.4 is 5.32 Å². The van der Waals surface area contributed by atoms with Crippen molar-refractivity contribution < 1.29 is 0 Å². The SMILES string of the molecule is Cc1nc(NCCC(C)C)c2cccnc2n1. The fraction of sp³-hybridized carbons (Fsp3) is 0.462. The third kappa shape index (κ3) is 2.90. The highest BCUT2D eigenvalue weighted by Gasteiger charge is 2.05. The van der Waals surface area contributed by atoms with Crippen LogP contribution in [0, 0.1) is 12.8 Å². The lowest BCUT2D eigenvalue weighted by molar-refractivity contribution is 0.607. The molecule has 2 rings (SSSR count). The summed E-state index contributed by atoms with van der Waals surface area (Å²) in [6.07, 6.45) is 2.89. The van der Waals surface area contributed by atoms with E-state index in [1.807, 2.05) is 19.1 Å². The van der Waals surface area contributed by atoms with Gasteiger partial charge in [0.1, 0.15) is 11.6 Å². The van der Waals surface area contributed by atoms with Gasteiger partial charge in [-0.1, -0.05) is 13.8 Å². The van der Waals surface area contributed by atoms with Crippen molar-refractivity contribution in [3.63, 3.8) is 0 Å². The van der Waals surface area contributed by atoms with Gasteiger partial charge in [-0.3, -0.25) is 0 Å². The highest BCUT2D eigenvalue weighted by atomic mass is 15.0. The molecule has 2 aromatic rings. The first-order valence-corrected chi connectivity index (χ1v) is 6.00. The van der Waals surface area contributed by atoms with E-state index < -0.39 is 0 Å². The number of nitrogens with one attached hydrogen (secondary N) is 1. The quantitative estimate of drug-likeness (QED) is 0.877. The number of aromatic nitrogens is 3. The number of anilines is 1. The van der Waals surface area contributed by atoms with Gasteiger partial charge in [0.05, 0.1) is 5.39 Å². The minimum absolute atomic E-state index is 0.690. The highest BCUT2D eigenvalue weighted by Crippen LogP contribution is 2.18. The summed E-state index contributed by atoms with van der Waals surface area (Å²) in [5.74, 6) is 2.33. The van der Waals surface area contributed by atoms with Gasteiger partial charge in [-0.25, -0.2) is 15.0 Å². The topological polar surface area (TPSA) is 50.7 Å². The molecule has 2 aromatic heterocycles. The Kier molecular flexibility index (Phi) is 3.52. The highest BCUT2D eigenvalue weighted by molar-refractivity contribution is 5.86. The van der Waals surface area contributed by atoms with Crippen LogP contribution in [0.3, 0.4) is 0 Å². The van der Waals surface area contributed by atoms with E-state index in [1.54, 1.807) is 6.20 Å². The zero-order valence-electron chi connectivity index (χ0n) is 10.6. The first kappa shape index (κ1) is 11.8.